The Morgan fingerprint density at radius 3 is 2.16 bits per heavy atom. The summed E-state index contributed by atoms with van der Waals surface area (Å²) in [5.74, 6) is 1.03. The maximum Gasteiger partial charge on any atom is 0.136 e. The van der Waals surface area contributed by atoms with Gasteiger partial charge < -0.3 is 13.9 Å². The van der Waals surface area contributed by atoms with Crippen LogP contribution < -0.4 is 4.90 Å². The zero-order valence-corrected chi connectivity index (χ0v) is 38.6. The fourth-order valence-corrected chi connectivity index (χ4v) is 11.7. The van der Waals surface area contributed by atoms with Crippen LogP contribution in [0.5, 0.6) is 0 Å². The Morgan fingerprint density at radius 1 is 0.571 bits per heavy atom. The summed E-state index contributed by atoms with van der Waals surface area (Å²) >= 11 is 0. The van der Waals surface area contributed by atoms with Crippen LogP contribution in [0.15, 0.2) is 246 Å². The first-order valence-electron chi connectivity index (χ1n) is 24.2. The van der Waals surface area contributed by atoms with Gasteiger partial charge in [0.05, 0.1) is 22.4 Å². The van der Waals surface area contributed by atoms with E-state index in [1.807, 2.05) is 6.07 Å². The van der Waals surface area contributed by atoms with Crippen molar-refractivity contribution in [2.45, 2.75) is 19.3 Å². The normalized spacial score (nSPS) is 14.7. The number of para-hydroxylation sites is 3. The highest BCUT2D eigenvalue weighted by atomic mass is 16.3. The molecule has 0 saturated carbocycles. The molecule has 0 spiro atoms. The second-order valence-corrected chi connectivity index (χ2v) is 18.7. The number of benzene rings is 10. The number of hydrogen-bond donors (Lipinski definition) is 0. The Hall–Kier alpha value is -8.99. The number of aromatic nitrogens is 1. The van der Waals surface area contributed by atoms with E-state index in [2.05, 4.69) is 241 Å². The van der Waals surface area contributed by atoms with E-state index >= 15 is 0 Å². The van der Waals surface area contributed by atoms with Crippen LogP contribution in [-0.2, 0) is 0 Å². The van der Waals surface area contributed by atoms with Crippen LogP contribution in [0.25, 0.3) is 93.2 Å². The van der Waals surface area contributed by atoms with Gasteiger partial charge in [-0.2, -0.15) is 0 Å². The Labute approximate surface area is 405 Å². The van der Waals surface area contributed by atoms with Gasteiger partial charge in [0.15, 0.2) is 0 Å². The van der Waals surface area contributed by atoms with Gasteiger partial charge in [-0.05, 0) is 129 Å². The van der Waals surface area contributed by atoms with Gasteiger partial charge in [-0.3, -0.25) is 0 Å². The molecule has 1 aliphatic carbocycles. The summed E-state index contributed by atoms with van der Waals surface area (Å²) in [4.78, 5) is 7.80. The van der Waals surface area contributed by atoms with Crippen molar-refractivity contribution in [3.05, 3.63) is 259 Å². The smallest absolute Gasteiger partial charge is 0.136 e. The molecule has 330 valence electrons. The topological polar surface area (TPSA) is 33.7 Å². The molecule has 0 saturated heterocycles. The molecule has 12 aromatic rings. The van der Waals surface area contributed by atoms with Crippen molar-refractivity contribution >= 4 is 93.6 Å². The van der Waals surface area contributed by atoms with E-state index in [9.17, 15) is 0 Å². The van der Waals surface area contributed by atoms with Gasteiger partial charge in [-0.15, -0.1) is 0 Å². The molecule has 0 radical (unpaired) electrons. The molecule has 1 unspecified atom stereocenters. The maximum absolute atomic E-state index is 6.73. The maximum atomic E-state index is 6.73. The molecule has 0 amide bonds. The van der Waals surface area contributed by atoms with E-state index in [0.29, 0.717) is 0 Å². The van der Waals surface area contributed by atoms with Gasteiger partial charge in [0.1, 0.15) is 17.0 Å². The third-order valence-corrected chi connectivity index (χ3v) is 14.8. The number of amidine groups is 1. The van der Waals surface area contributed by atoms with E-state index in [4.69, 9.17) is 9.41 Å². The zero-order valence-electron chi connectivity index (χ0n) is 38.6. The molecule has 4 nitrogen and oxygen atoms in total. The molecular weight excluding hydrogens is 851 g/mol. The van der Waals surface area contributed by atoms with Crippen molar-refractivity contribution in [2.75, 3.05) is 4.90 Å². The largest absolute Gasteiger partial charge is 0.456 e. The average Bonchev–Trinajstić information content (AvgIpc) is 4.09. The fourth-order valence-electron chi connectivity index (χ4n) is 11.7. The summed E-state index contributed by atoms with van der Waals surface area (Å²) in [7, 11) is 0. The summed E-state index contributed by atoms with van der Waals surface area (Å²) in [6.07, 6.45) is 5.51. The minimum atomic E-state index is 0.112. The Kier molecular flexibility index (Phi) is 9.05. The molecule has 10 aromatic carbocycles. The van der Waals surface area contributed by atoms with Crippen LogP contribution in [-0.4, -0.2) is 10.4 Å². The Balaban J connectivity index is 0.915. The number of anilines is 1. The fraction of sp³-hybridized carbons (Fsp3) is 0.0455. The Bertz CT molecular complexity index is 4240. The van der Waals surface area contributed by atoms with Gasteiger partial charge in [0.25, 0.3) is 0 Å². The second-order valence-electron chi connectivity index (χ2n) is 18.7. The lowest BCUT2D eigenvalue weighted by atomic mass is 9.82. The van der Waals surface area contributed by atoms with Crippen molar-refractivity contribution in [3.8, 4) is 16.8 Å². The van der Waals surface area contributed by atoms with Gasteiger partial charge in [-0.25, -0.2) is 4.99 Å². The quantitative estimate of drug-likeness (QED) is 0.123. The lowest BCUT2D eigenvalue weighted by molar-refractivity contribution is 0.669. The second kappa shape index (κ2) is 15.8. The monoisotopic (exact) mass is 895 g/mol. The van der Waals surface area contributed by atoms with Crippen LogP contribution in [0.4, 0.5) is 11.4 Å². The van der Waals surface area contributed by atoms with Crippen molar-refractivity contribution in [2.24, 2.45) is 4.99 Å². The van der Waals surface area contributed by atoms with Gasteiger partial charge in [0.2, 0.25) is 0 Å². The van der Waals surface area contributed by atoms with Crippen molar-refractivity contribution in [1.82, 2.24) is 4.57 Å². The Morgan fingerprint density at radius 2 is 1.30 bits per heavy atom. The van der Waals surface area contributed by atoms with Crippen LogP contribution in [0.2, 0.25) is 0 Å². The summed E-state index contributed by atoms with van der Waals surface area (Å²) < 4.78 is 9.15. The SMILES string of the molecule is C=C(c1ccccc1)c1ccccc1N=C(C)N1C2=CC=C(c3cccc4oc5ccc(-c6cc7c8ccccc8n(-c8ccccc8)c7c7ccccc67)cc5c34)CC2c2c1ccc1ccccc21. The number of furan rings is 1. The number of rotatable bonds is 6. The van der Waals surface area contributed by atoms with E-state index in [0.717, 1.165) is 67.8 Å². The van der Waals surface area contributed by atoms with Crippen molar-refractivity contribution in [3.63, 3.8) is 0 Å². The highest BCUT2D eigenvalue weighted by Crippen LogP contribution is 2.54. The van der Waals surface area contributed by atoms with Crippen molar-refractivity contribution in [1.29, 1.82) is 0 Å². The predicted octanol–water partition coefficient (Wildman–Crippen LogP) is 17.7. The van der Waals surface area contributed by atoms with E-state index in [1.54, 1.807) is 0 Å². The molecule has 1 aliphatic heterocycles. The highest BCUT2D eigenvalue weighted by Gasteiger charge is 2.39. The molecule has 3 heterocycles. The first kappa shape index (κ1) is 40.1. The first-order chi connectivity index (χ1) is 34.6. The molecule has 4 heteroatoms. The lowest BCUT2D eigenvalue weighted by Crippen LogP contribution is -2.26. The first-order valence-corrected chi connectivity index (χ1v) is 24.2. The van der Waals surface area contributed by atoms with E-state index < -0.39 is 0 Å². The highest BCUT2D eigenvalue weighted by molar-refractivity contribution is 6.23. The molecule has 14 rings (SSSR count). The molecule has 2 aromatic heterocycles. The van der Waals surface area contributed by atoms with Crippen LogP contribution in [0.1, 0.15) is 41.5 Å². The number of aliphatic imine (C=N–C) groups is 1. The zero-order chi connectivity index (χ0) is 46.5. The number of hydrogen-bond acceptors (Lipinski definition) is 2. The van der Waals surface area contributed by atoms with Gasteiger partial charge >= 0.3 is 0 Å². The molecule has 1 atom stereocenters. The molecule has 70 heavy (non-hydrogen) atoms. The summed E-state index contributed by atoms with van der Waals surface area (Å²) in [5, 5.41) is 9.70. The minimum Gasteiger partial charge on any atom is -0.456 e. The third-order valence-electron chi connectivity index (χ3n) is 14.8. The minimum absolute atomic E-state index is 0.112. The molecule has 0 bridgehead atoms. The average molecular weight is 896 g/mol. The molecule has 0 N–H and O–H groups in total. The standard InChI is InChI=1S/C66H45N3O/c1-41(43-18-5-3-6-19-43)48-23-13-15-29-58(48)67-42(2)68-60-35-33-45(38-56(60)64-49-24-10-9-20-44(49)32-36-61(64)68)50-28-17-31-63-65(50)57-39-46(34-37-62(57)70-63)54-40-55-52-26-14-16-30-59(52)69(47-21-7-4-8-22-47)66(55)53-27-12-11-25-51(53)54/h3-37,39-40,56H,1,38H2,2H3. The third kappa shape index (κ3) is 6.13. The molecular formula is C66H45N3O. The van der Waals surface area contributed by atoms with E-state index in [-0.39, 0.29) is 5.92 Å². The van der Waals surface area contributed by atoms with Gasteiger partial charge in [-0.1, -0.05) is 170 Å². The number of allylic oxidation sites excluding steroid dienone is 4. The molecule has 2 aliphatic rings. The predicted molar refractivity (Wildman–Crippen MR) is 295 cm³/mol. The van der Waals surface area contributed by atoms with Crippen LogP contribution in [0, 0.1) is 0 Å². The molecule has 0 fully saturated rings. The van der Waals surface area contributed by atoms with Crippen molar-refractivity contribution < 1.29 is 4.42 Å². The number of nitrogens with zero attached hydrogens (tertiary/aromatic N) is 3. The summed E-state index contributed by atoms with van der Waals surface area (Å²) in [6.45, 7) is 6.66. The van der Waals surface area contributed by atoms with Gasteiger partial charge in [0, 0.05) is 49.8 Å². The number of fused-ring (bicyclic) bond motifs is 13. The lowest BCUT2D eigenvalue weighted by Gasteiger charge is -2.26. The van der Waals surface area contributed by atoms with Crippen LogP contribution >= 0.6 is 0 Å². The van der Waals surface area contributed by atoms with E-state index in [1.165, 1.54) is 77.0 Å². The summed E-state index contributed by atoms with van der Waals surface area (Å²) in [6, 6.07) is 76.2. The summed E-state index contributed by atoms with van der Waals surface area (Å²) in [5.41, 5.74) is 17.9. The van der Waals surface area contributed by atoms with Crippen LogP contribution in [0.3, 0.4) is 0 Å².